The van der Waals surface area contributed by atoms with Gasteiger partial charge in [-0.25, -0.2) is 0 Å². The second-order valence-electron chi connectivity index (χ2n) is 5.80. The molecule has 0 aromatic rings. The third-order valence-corrected chi connectivity index (χ3v) is 7.17. The molecule has 0 aromatic heterocycles. The van der Waals surface area contributed by atoms with Crippen LogP contribution in [0.4, 0.5) is 83.4 Å². The van der Waals surface area contributed by atoms with E-state index in [4.69, 9.17) is 0 Å². The van der Waals surface area contributed by atoms with Crippen LogP contribution in [-0.2, 0) is 4.74 Å². The summed E-state index contributed by atoms with van der Waals surface area (Å²) < 4.78 is 247. The quantitative estimate of drug-likeness (QED) is 0.265. The van der Waals surface area contributed by atoms with Gasteiger partial charge in [0.05, 0.1) is 0 Å². The Morgan fingerprint density at radius 2 is 1.00 bits per heavy atom. The summed E-state index contributed by atoms with van der Waals surface area (Å²) in [6.45, 7) is -6.74. The van der Waals surface area contributed by atoms with E-state index in [0.717, 1.165) is 0 Å². The second kappa shape index (κ2) is 7.23. The average Bonchev–Trinajstić information content (AvgIpc) is 2.58. The summed E-state index contributed by atoms with van der Waals surface area (Å²) >= 11 is 0. The molecular formula is C11H3CfF19NO. The van der Waals surface area contributed by atoms with Crippen molar-refractivity contribution in [3.63, 3.8) is 0 Å². The molecule has 0 N–H and O–H groups in total. The SMILES string of the molecule is FC(F)C(F)(F)CO/[C](=[Cf]\[N]1C(F)(F)C(F)(F)C(F)(F)C(F)(F)C(F)(F)C1(F)F)C(F)(F)F. The Labute approximate surface area is 162 Å². The first-order valence-electron chi connectivity index (χ1n) is 7.03. The van der Waals surface area contributed by atoms with Gasteiger partial charge < -0.3 is 0 Å². The standard InChI is InChI=1S/C6F12N.C5H3F7O.Cf/c7-1(8)2(9,10)4(13,14)6(17,18)19-5(15,16)3(1,11)12;6-3(7)4(8,9)1-13-2-5(10,11)12;/h;3H,1H2;/q-1;;+1. The van der Waals surface area contributed by atoms with Gasteiger partial charge in [-0.3, -0.25) is 0 Å². The van der Waals surface area contributed by atoms with Gasteiger partial charge in [0, 0.05) is 0 Å². The molecule has 0 amide bonds. The van der Waals surface area contributed by atoms with Crippen LogP contribution in [0.15, 0.2) is 0 Å². The van der Waals surface area contributed by atoms with Crippen LogP contribution < -0.4 is 0 Å². The molecule has 0 atom stereocenters. The third-order valence-electron chi connectivity index (χ3n) is 3.44. The molecule has 0 unspecified atom stereocenters. The normalized spacial score (nSPS) is 26.6. The van der Waals surface area contributed by atoms with E-state index >= 15 is 0 Å². The summed E-state index contributed by atoms with van der Waals surface area (Å²) in [5.41, 5.74) is 0. The van der Waals surface area contributed by atoms with Gasteiger partial charge in [-0.2, -0.15) is 0 Å². The van der Waals surface area contributed by atoms with Crippen LogP contribution in [0.5, 0.6) is 0 Å². The van der Waals surface area contributed by atoms with Crippen LogP contribution in [0.2, 0.25) is 0 Å². The summed E-state index contributed by atoms with van der Waals surface area (Å²) in [6.07, 6.45) is -11.4. The fraction of sp³-hybridized carbons (Fsp3) is 0.909. The molecule has 0 spiro atoms. The van der Waals surface area contributed by atoms with E-state index < -0.39 is 72.8 Å². The molecule has 1 fully saturated rings. The Hall–Kier alpha value is -2.54. The Bertz CT molecular complexity index is 732. The van der Waals surface area contributed by atoms with E-state index in [0.29, 0.717) is 0 Å². The van der Waals surface area contributed by atoms with Crippen molar-refractivity contribution in [3.05, 3.63) is 0 Å². The number of nitrogens with zero attached hydrogens (tertiary/aromatic N) is 1. The third kappa shape index (κ3) is 3.80. The van der Waals surface area contributed by atoms with Crippen molar-refractivity contribution < 1.29 is 88.2 Å². The zero-order chi connectivity index (χ0) is 26.9. The van der Waals surface area contributed by atoms with Crippen molar-refractivity contribution in [2.45, 2.75) is 54.3 Å². The molecule has 22 heteroatoms. The van der Waals surface area contributed by atoms with Gasteiger partial charge in [-0.05, 0) is 0 Å². The van der Waals surface area contributed by atoms with E-state index in [1.807, 2.05) is 0 Å². The minimum absolute atomic E-state index is 2.96. The van der Waals surface area contributed by atoms with Crippen molar-refractivity contribution in [1.29, 1.82) is 0 Å². The molecule has 0 aromatic carbocycles. The van der Waals surface area contributed by atoms with Crippen molar-refractivity contribution in [3.8, 4) is 0 Å². The first-order chi connectivity index (χ1) is 14.1. The van der Waals surface area contributed by atoms with Gasteiger partial charge in [0.25, 0.3) is 0 Å². The number of ether oxygens (including phenoxy) is 1. The van der Waals surface area contributed by atoms with Crippen LogP contribution in [0.3, 0.4) is 0 Å². The van der Waals surface area contributed by atoms with Crippen LogP contribution >= 0.6 is 0 Å². The first kappa shape index (κ1) is 28.5. The molecule has 0 bridgehead atoms. The fourth-order valence-electron chi connectivity index (χ4n) is 1.69. The monoisotopic (exact) mass is 775 g/mol. The molecule has 1 rings (SSSR count). The summed E-state index contributed by atoms with van der Waals surface area (Å²) in [4.78, 5) is 0. The van der Waals surface area contributed by atoms with Crippen molar-refractivity contribution in [2.75, 3.05) is 6.61 Å². The summed E-state index contributed by atoms with van der Waals surface area (Å²) in [5.74, 6) is -37.4. The van der Waals surface area contributed by atoms with Gasteiger partial charge in [0.2, 0.25) is 0 Å². The van der Waals surface area contributed by atoms with Gasteiger partial charge in [-0.1, -0.05) is 0 Å². The van der Waals surface area contributed by atoms with Crippen LogP contribution in [0.1, 0.15) is 0 Å². The Balaban J connectivity index is 3.89. The maximum atomic E-state index is 13.8. The number of rotatable bonds is 5. The maximum absolute atomic E-state index is 13.8. The van der Waals surface area contributed by atoms with Gasteiger partial charge in [0.15, 0.2) is 0 Å². The van der Waals surface area contributed by atoms with E-state index in [1.165, 1.54) is 0 Å². The Morgan fingerprint density at radius 1 is 0.667 bits per heavy atom. The van der Waals surface area contributed by atoms with Gasteiger partial charge >= 0.3 is 161 Å². The molecule has 201 valence electrons. The molecule has 1 heterocycles. The zero-order valence-electron chi connectivity index (χ0n) is 14.1. The molecule has 2 nitrogen and oxygen atoms in total. The number of hydrogen-bond donors (Lipinski definition) is 0. The number of halogens is 19. The van der Waals surface area contributed by atoms with Crippen LogP contribution in [0.25, 0.3) is 0 Å². The first-order valence-corrected chi connectivity index (χ1v) is 9.53. The predicted molar refractivity (Wildman–Crippen MR) is 59.5 cm³/mol. The summed E-state index contributed by atoms with van der Waals surface area (Å²) in [6, 6.07) is -15.2. The van der Waals surface area contributed by atoms with E-state index in [9.17, 15) is 83.4 Å². The van der Waals surface area contributed by atoms with Crippen molar-refractivity contribution in [1.82, 2.24) is 5.32 Å². The second-order valence-corrected chi connectivity index (χ2v) is 8.76. The molecule has 0 saturated carbocycles. The van der Waals surface area contributed by atoms with Gasteiger partial charge in [-0.15, -0.1) is 0 Å². The molecule has 0 aliphatic carbocycles. The fourth-order valence-corrected chi connectivity index (χ4v) is 4.40. The molecule has 0 radical (unpaired) electrons. The van der Waals surface area contributed by atoms with Crippen molar-refractivity contribution in [2.24, 2.45) is 0 Å². The molecule has 1 aliphatic heterocycles. The molecule has 1 aliphatic rings. The zero-order valence-corrected chi connectivity index (χ0v) is 16.8. The average molecular weight is 777 g/mol. The summed E-state index contributed by atoms with van der Waals surface area (Å²) in [7, 11) is 0. The summed E-state index contributed by atoms with van der Waals surface area (Å²) in [5, 5.41) is -3.33. The van der Waals surface area contributed by atoms with E-state index in [-0.39, 0.29) is 0 Å². The van der Waals surface area contributed by atoms with Crippen LogP contribution in [-0.4, -0.2) is 72.8 Å². The molecular weight excluding hydrogens is 774 g/mol. The Morgan fingerprint density at radius 3 is 1.27 bits per heavy atom. The molecule has 1 saturated heterocycles. The number of hydrogen-bond acceptors (Lipinski definition) is 2. The Kier molecular flexibility index (Phi) is 6.24. The van der Waals surface area contributed by atoms with Crippen molar-refractivity contribution >= 4 is 6.61 Å². The minimum atomic E-state index is -8.01. The van der Waals surface area contributed by atoms with E-state index in [1.54, 1.807) is 0 Å². The number of alkyl halides is 19. The van der Waals surface area contributed by atoms with Crippen LogP contribution in [0, 0.1) is 0 Å². The molecule has 33 heavy (non-hydrogen) atoms. The predicted octanol–water partition coefficient (Wildman–Crippen LogP) is 5.64. The topological polar surface area (TPSA) is 12.5 Å². The van der Waals surface area contributed by atoms with Gasteiger partial charge in [0.1, 0.15) is 0 Å². The van der Waals surface area contributed by atoms with E-state index in [2.05, 4.69) is 4.74 Å².